The molecular weight excluding hydrogens is 256 g/mol. The molecule has 4 heteroatoms. The quantitative estimate of drug-likeness (QED) is 0.664. The van der Waals surface area contributed by atoms with Gasteiger partial charge < -0.3 is 10.5 Å². The molecule has 1 aliphatic heterocycles. The van der Waals surface area contributed by atoms with E-state index in [0.717, 1.165) is 25.2 Å². The second-order valence-corrected chi connectivity index (χ2v) is 5.48. The molecule has 0 bridgehead atoms. The Balaban J connectivity index is 1.67. The van der Waals surface area contributed by atoms with Crippen LogP contribution in [0.1, 0.15) is 18.4 Å². The van der Waals surface area contributed by atoms with Gasteiger partial charge in [-0.2, -0.15) is 0 Å². The van der Waals surface area contributed by atoms with E-state index in [0.29, 0.717) is 11.7 Å². The summed E-state index contributed by atoms with van der Waals surface area (Å²) in [5, 5.41) is 0.646. The van der Waals surface area contributed by atoms with Gasteiger partial charge in [-0.3, -0.25) is 4.99 Å². The third-order valence-corrected chi connectivity index (χ3v) is 3.70. The molecule has 102 valence electrons. The summed E-state index contributed by atoms with van der Waals surface area (Å²) in [4.78, 5) is 4.35. The molecule has 1 aliphatic rings. The zero-order valence-electron chi connectivity index (χ0n) is 11.0. The Morgan fingerprint density at radius 3 is 3.00 bits per heavy atom. The zero-order chi connectivity index (χ0) is 13.3. The number of hydrogen-bond acceptors (Lipinski definition) is 3. The Morgan fingerprint density at radius 1 is 1.42 bits per heavy atom. The minimum Gasteiger partial charge on any atom is -0.379 e. The van der Waals surface area contributed by atoms with E-state index in [1.165, 1.54) is 5.56 Å². The van der Waals surface area contributed by atoms with Crippen molar-refractivity contribution < 1.29 is 4.74 Å². The maximum absolute atomic E-state index is 5.85. The van der Waals surface area contributed by atoms with Crippen LogP contribution in [0.5, 0.6) is 0 Å². The van der Waals surface area contributed by atoms with Gasteiger partial charge in [0.05, 0.1) is 12.6 Å². The van der Waals surface area contributed by atoms with Crippen molar-refractivity contribution in [3.8, 4) is 0 Å². The molecule has 0 radical (unpaired) electrons. The first-order valence-corrected chi connectivity index (χ1v) is 7.59. The van der Waals surface area contributed by atoms with E-state index < -0.39 is 0 Å². The highest BCUT2D eigenvalue weighted by Gasteiger charge is 2.14. The van der Waals surface area contributed by atoms with Crippen molar-refractivity contribution >= 4 is 23.0 Å². The molecule has 0 aliphatic carbocycles. The third-order valence-electron chi connectivity index (χ3n) is 2.91. The van der Waals surface area contributed by atoms with Crippen molar-refractivity contribution in [2.45, 2.75) is 18.9 Å². The van der Waals surface area contributed by atoms with Crippen LogP contribution in [0.25, 0.3) is 6.08 Å². The predicted octanol–water partition coefficient (Wildman–Crippen LogP) is 2.93. The third kappa shape index (κ3) is 5.49. The van der Waals surface area contributed by atoms with Crippen LogP contribution < -0.4 is 5.73 Å². The van der Waals surface area contributed by atoms with Crippen molar-refractivity contribution in [1.82, 2.24) is 0 Å². The summed E-state index contributed by atoms with van der Waals surface area (Å²) in [6, 6.07) is 10.2. The van der Waals surface area contributed by atoms with E-state index in [-0.39, 0.29) is 6.10 Å². The number of nitrogens with zero attached hydrogens (tertiary/aromatic N) is 1. The van der Waals surface area contributed by atoms with Crippen LogP contribution in [-0.2, 0) is 4.74 Å². The van der Waals surface area contributed by atoms with Crippen LogP contribution in [0.3, 0.4) is 0 Å². The van der Waals surface area contributed by atoms with Gasteiger partial charge in [-0.05, 0) is 18.4 Å². The first kappa shape index (κ1) is 14.2. The molecule has 1 aromatic carbocycles. The fourth-order valence-electron chi connectivity index (χ4n) is 1.91. The number of nitrogens with two attached hydrogens (primary N) is 1. The molecule has 0 amide bonds. The number of thioether (sulfide) groups is 1. The van der Waals surface area contributed by atoms with E-state index in [9.17, 15) is 0 Å². The molecule has 2 rings (SSSR count). The lowest BCUT2D eigenvalue weighted by atomic mass is 10.2. The summed E-state index contributed by atoms with van der Waals surface area (Å²) in [5.74, 6) is 0.843. The highest BCUT2D eigenvalue weighted by Crippen LogP contribution is 2.12. The molecular formula is C15H20N2OS. The van der Waals surface area contributed by atoms with Crippen molar-refractivity contribution in [3.63, 3.8) is 0 Å². The largest absolute Gasteiger partial charge is 0.379 e. The Kier molecular flexibility index (Phi) is 5.98. The van der Waals surface area contributed by atoms with Gasteiger partial charge in [-0.15, -0.1) is 0 Å². The van der Waals surface area contributed by atoms with Crippen molar-refractivity contribution in [3.05, 3.63) is 42.0 Å². The topological polar surface area (TPSA) is 47.6 Å². The van der Waals surface area contributed by atoms with Gasteiger partial charge in [0.15, 0.2) is 5.17 Å². The van der Waals surface area contributed by atoms with Gasteiger partial charge in [0, 0.05) is 12.4 Å². The van der Waals surface area contributed by atoms with E-state index in [1.807, 2.05) is 18.2 Å². The van der Waals surface area contributed by atoms with Gasteiger partial charge in [-0.25, -0.2) is 0 Å². The average Bonchev–Trinajstić information content (AvgIpc) is 2.96. The highest BCUT2D eigenvalue weighted by atomic mass is 32.2. The van der Waals surface area contributed by atoms with E-state index >= 15 is 0 Å². The number of aliphatic imine (C=N–C) groups is 1. The van der Waals surface area contributed by atoms with Gasteiger partial charge in [-0.1, -0.05) is 54.2 Å². The van der Waals surface area contributed by atoms with Crippen LogP contribution in [0.2, 0.25) is 0 Å². The van der Waals surface area contributed by atoms with Crippen LogP contribution in [-0.4, -0.2) is 30.2 Å². The maximum Gasteiger partial charge on any atom is 0.154 e. The number of hydrogen-bond donors (Lipinski definition) is 1. The van der Waals surface area contributed by atoms with Gasteiger partial charge in [0.25, 0.3) is 0 Å². The molecule has 0 aromatic heterocycles. The maximum atomic E-state index is 5.85. The lowest BCUT2D eigenvalue weighted by Gasteiger charge is -2.05. The number of rotatable bonds is 5. The Labute approximate surface area is 118 Å². The highest BCUT2D eigenvalue weighted by molar-refractivity contribution is 8.13. The second-order valence-electron chi connectivity index (χ2n) is 4.44. The average molecular weight is 276 g/mol. The fourth-order valence-corrected chi connectivity index (χ4v) is 2.44. The summed E-state index contributed by atoms with van der Waals surface area (Å²) in [7, 11) is 0. The molecule has 0 saturated carbocycles. The van der Waals surface area contributed by atoms with Crippen molar-refractivity contribution in [2.75, 3.05) is 18.9 Å². The first-order valence-electron chi connectivity index (χ1n) is 6.60. The van der Waals surface area contributed by atoms with Crippen LogP contribution in [0.4, 0.5) is 0 Å². The summed E-state index contributed by atoms with van der Waals surface area (Å²) in [6.45, 7) is 1.56. The van der Waals surface area contributed by atoms with E-state index in [1.54, 1.807) is 11.8 Å². The van der Waals surface area contributed by atoms with Crippen molar-refractivity contribution in [1.29, 1.82) is 0 Å². The monoisotopic (exact) mass is 276 g/mol. The molecule has 1 heterocycles. The summed E-state index contributed by atoms with van der Waals surface area (Å²) in [5.41, 5.74) is 7.06. The Bertz CT molecular complexity index is 425. The molecule has 1 atom stereocenters. The molecule has 1 unspecified atom stereocenters. The van der Waals surface area contributed by atoms with E-state index in [4.69, 9.17) is 10.5 Å². The van der Waals surface area contributed by atoms with Crippen molar-refractivity contribution in [2.24, 2.45) is 10.7 Å². The Hall–Kier alpha value is -1.26. The zero-order valence-corrected chi connectivity index (χ0v) is 11.8. The van der Waals surface area contributed by atoms with Crippen LogP contribution in [0.15, 0.2) is 41.4 Å². The van der Waals surface area contributed by atoms with Crippen LogP contribution >= 0.6 is 11.8 Å². The Morgan fingerprint density at radius 2 is 2.26 bits per heavy atom. The molecule has 19 heavy (non-hydrogen) atoms. The SMILES string of the molecule is NC(=NCC1CCCO1)SCC=Cc1ccccc1. The smallest absolute Gasteiger partial charge is 0.154 e. The minimum atomic E-state index is 0.277. The van der Waals surface area contributed by atoms with Gasteiger partial charge >= 0.3 is 0 Å². The lowest BCUT2D eigenvalue weighted by Crippen LogP contribution is -2.14. The van der Waals surface area contributed by atoms with Gasteiger partial charge in [0.1, 0.15) is 0 Å². The summed E-state index contributed by atoms with van der Waals surface area (Å²) >= 11 is 1.56. The molecule has 0 spiro atoms. The minimum absolute atomic E-state index is 0.277. The summed E-state index contributed by atoms with van der Waals surface area (Å²) in [6.07, 6.45) is 6.73. The first-order chi connectivity index (χ1) is 9.34. The molecule has 1 fully saturated rings. The van der Waals surface area contributed by atoms with Crippen LogP contribution in [0, 0.1) is 0 Å². The standard InChI is InChI=1S/C15H20N2OS/c16-15(17-12-14-9-4-10-18-14)19-11-5-8-13-6-2-1-3-7-13/h1-3,5-8,14H,4,9-12H2,(H2,16,17). The molecule has 2 N–H and O–H groups in total. The van der Waals surface area contributed by atoms with Gasteiger partial charge in [0.2, 0.25) is 0 Å². The normalized spacial score (nSPS) is 20.2. The van der Waals surface area contributed by atoms with E-state index in [2.05, 4.69) is 29.3 Å². The molecule has 3 nitrogen and oxygen atoms in total. The predicted molar refractivity (Wildman–Crippen MR) is 83.4 cm³/mol. The fraction of sp³-hybridized carbons (Fsp3) is 0.400. The molecule has 1 saturated heterocycles. The summed E-state index contributed by atoms with van der Waals surface area (Å²) < 4.78 is 5.50. The lowest BCUT2D eigenvalue weighted by molar-refractivity contribution is 0.118. The number of amidine groups is 1. The molecule has 1 aromatic rings. The number of benzene rings is 1. The number of ether oxygens (including phenoxy) is 1. The second kappa shape index (κ2) is 8.02.